The number of rotatable bonds is 17. The van der Waals surface area contributed by atoms with Gasteiger partial charge in [0.2, 0.25) is 0 Å². The van der Waals surface area contributed by atoms with Gasteiger partial charge in [0.25, 0.3) is 0 Å². The van der Waals surface area contributed by atoms with Gasteiger partial charge < -0.3 is 4.90 Å². The van der Waals surface area contributed by atoms with E-state index in [0.717, 1.165) is 0 Å². The molecule has 0 rings (SSSR count). The molecule has 0 aliphatic rings. The van der Waals surface area contributed by atoms with Crippen molar-refractivity contribution in [3.63, 3.8) is 0 Å². The first kappa shape index (κ1) is 21.0. The van der Waals surface area contributed by atoms with Gasteiger partial charge in [0.15, 0.2) is 0 Å². The lowest BCUT2D eigenvalue weighted by atomic mass is 10.1. The Hall–Kier alpha value is -0.0400. The monoisotopic (exact) mass is 297 g/mol. The van der Waals surface area contributed by atoms with Crippen molar-refractivity contribution in [3.05, 3.63) is 0 Å². The minimum atomic E-state index is 1.34. The van der Waals surface area contributed by atoms with E-state index in [9.17, 15) is 0 Å². The van der Waals surface area contributed by atoms with Crippen LogP contribution >= 0.6 is 0 Å². The molecule has 21 heavy (non-hydrogen) atoms. The van der Waals surface area contributed by atoms with Gasteiger partial charge in [-0.05, 0) is 38.9 Å². The SMILES string of the molecule is CCCCCCCCCCN(CCCCC)CCCCC. The summed E-state index contributed by atoms with van der Waals surface area (Å²) in [5.74, 6) is 0. The van der Waals surface area contributed by atoms with Gasteiger partial charge >= 0.3 is 0 Å². The van der Waals surface area contributed by atoms with Crippen molar-refractivity contribution in [3.8, 4) is 0 Å². The molecular formula is C20H43N. The van der Waals surface area contributed by atoms with Crippen molar-refractivity contribution in [2.24, 2.45) is 0 Å². The highest BCUT2D eigenvalue weighted by atomic mass is 15.1. The highest BCUT2D eigenvalue weighted by molar-refractivity contribution is 4.59. The Labute approximate surface area is 135 Å². The van der Waals surface area contributed by atoms with E-state index in [0.29, 0.717) is 0 Å². The first-order valence-electron chi connectivity index (χ1n) is 10.1. The lowest BCUT2D eigenvalue weighted by molar-refractivity contribution is 0.255. The first-order valence-corrected chi connectivity index (χ1v) is 10.1. The molecule has 0 aromatic heterocycles. The number of hydrogen-bond acceptors (Lipinski definition) is 1. The summed E-state index contributed by atoms with van der Waals surface area (Å²) in [6.45, 7) is 10.9. The fourth-order valence-corrected chi connectivity index (χ4v) is 2.98. The maximum Gasteiger partial charge on any atom is -0.00187 e. The van der Waals surface area contributed by atoms with Crippen molar-refractivity contribution >= 4 is 0 Å². The van der Waals surface area contributed by atoms with Crippen LogP contribution in [0.1, 0.15) is 111 Å². The Morgan fingerprint density at radius 2 is 0.667 bits per heavy atom. The molecule has 0 aliphatic carbocycles. The number of nitrogens with zero attached hydrogens (tertiary/aromatic N) is 1. The van der Waals surface area contributed by atoms with Crippen molar-refractivity contribution in [1.82, 2.24) is 4.90 Å². The molecule has 0 saturated carbocycles. The van der Waals surface area contributed by atoms with Crippen LogP contribution in [-0.2, 0) is 0 Å². The molecule has 0 saturated heterocycles. The van der Waals surface area contributed by atoms with E-state index < -0.39 is 0 Å². The highest BCUT2D eigenvalue weighted by Gasteiger charge is 2.04. The van der Waals surface area contributed by atoms with Gasteiger partial charge in [0, 0.05) is 0 Å². The Balaban J connectivity index is 3.54. The first-order chi connectivity index (χ1) is 10.3. The van der Waals surface area contributed by atoms with E-state index in [1.54, 1.807) is 0 Å². The molecule has 0 bridgehead atoms. The standard InChI is InChI=1S/C20H43N/c1-4-7-10-11-12-13-14-17-20-21(18-15-8-5-2)19-16-9-6-3/h4-20H2,1-3H3. The van der Waals surface area contributed by atoms with Gasteiger partial charge in [-0.15, -0.1) is 0 Å². The molecule has 0 heterocycles. The van der Waals surface area contributed by atoms with Gasteiger partial charge in [-0.2, -0.15) is 0 Å². The van der Waals surface area contributed by atoms with Crippen LogP contribution in [0.3, 0.4) is 0 Å². The predicted molar refractivity (Wildman–Crippen MR) is 98.1 cm³/mol. The molecule has 0 amide bonds. The lowest BCUT2D eigenvalue weighted by Gasteiger charge is -2.22. The van der Waals surface area contributed by atoms with Crippen LogP contribution in [-0.4, -0.2) is 24.5 Å². The fraction of sp³-hybridized carbons (Fsp3) is 1.00. The highest BCUT2D eigenvalue weighted by Crippen LogP contribution is 2.10. The van der Waals surface area contributed by atoms with Gasteiger partial charge in [0.05, 0.1) is 0 Å². The zero-order valence-electron chi connectivity index (χ0n) is 15.5. The predicted octanol–water partition coefficient (Wildman–Crippen LogP) is 6.81. The summed E-state index contributed by atoms with van der Waals surface area (Å²) >= 11 is 0. The van der Waals surface area contributed by atoms with Crippen LogP contribution in [0.4, 0.5) is 0 Å². The third-order valence-corrected chi connectivity index (χ3v) is 4.48. The largest absolute Gasteiger partial charge is 0.303 e. The Morgan fingerprint density at radius 1 is 0.381 bits per heavy atom. The smallest absolute Gasteiger partial charge is 0.00187 e. The van der Waals surface area contributed by atoms with Crippen molar-refractivity contribution < 1.29 is 0 Å². The van der Waals surface area contributed by atoms with Gasteiger partial charge in [-0.3, -0.25) is 0 Å². The second-order valence-corrected chi connectivity index (χ2v) is 6.73. The normalized spacial score (nSPS) is 11.4. The second-order valence-electron chi connectivity index (χ2n) is 6.73. The van der Waals surface area contributed by atoms with Gasteiger partial charge in [-0.25, -0.2) is 0 Å². The molecule has 0 N–H and O–H groups in total. The summed E-state index contributed by atoms with van der Waals surface area (Å²) in [6, 6.07) is 0. The van der Waals surface area contributed by atoms with Gasteiger partial charge in [0.1, 0.15) is 0 Å². The van der Waals surface area contributed by atoms with Crippen LogP contribution in [0.25, 0.3) is 0 Å². The van der Waals surface area contributed by atoms with E-state index in [1.165, 1.54) is 110 Å². The minimum Gasteiger partial charge on any atom is -0.303 e. The van der Waals surface area contributed by atoms with Crippen LogP contribution < -0.4 is 0 Å². The summed E-state index contributed by atoms with van der Waals surface area (Å²) in [6.07, 6.45) is 19.8. The molecule has 0 unspecified atom stereocenters. The summed E-state index contributed by atoms with van der Waals surface area (Å²) in [5.41, 5.74) is 0. The van der Waals surface area contributed by atoms with Crippen molar-refractivity contribution in [2.45, 2.75) is 111 Å². The zero-order valence-corrected chi connectivity index (χ0v) is 15.5. The molecule has 0 fully saturated rings. The molecule has 128 valence electrons. The number of hydrogen-bond donors (Lipinski definition) is 0. The molecule has 0 atom stereocenters. The van der Waals surface area contributed by atoms with Gasteiger partial charge in [-0.1, -0.05) is 91.4 Å². The molecular weight excluding hydrogens is 254 g/mol. The van der Waals surface area contributed by atoms with E-state index in [1.807, 2.05) is 0 Å². The summed E-state index contributed by atoms with van der Waals surface area (Å²) < 4.78 is 0. The molecule has 1 heteroatoms. The molecule has 0 radical (unpaired) electrons. The quantitative estimate of drug-likeness (QED) is 0.266. The molecule has 1 nitrogen and oxygen atoms in total. The summed E-state index contributed by atoms with van der Waals surface area (Å²) in [4.78, 5) is 2.74. The van der Waals surface area contributed by atoms with E-state index in [4.69, 9.17) is 0 Å². The number of unbranched alkanes of at least 4 members (excludes halogenated alkanes) is 11. The van der Waals surface area contributed by atoms with Crippen molar-refractivity contribution in [2.75, 3.05) is 19.6 Å². The van der Waals surface area contributed by atoms with Crippen LogP contribution in [0.5, 0.6) is 0 Å². The van der Waals surface area contributed by atoms with Crippen LogP contribution in [0.2, 0.25) is 0 Å². The second kappa shape index (κ2) is 18.0. The van der Waals surface area contributed by atoms with Crippen LogP contribution in [0.15, 0.2) is 0 Å². The lowest BCUT2D eigenvalue weighted by Crippen LogP contribution is -2.27. The maximum absolute atomic E-state index is 2.74. The Bertz CT molecular complexity index is 169. The van der Waals surface area contributed by atoms with E-state index in [-0.39, 0.29) is 0 Å². The third-order valence-electron chi connectivity index (χ3n) is 4.48. The van der Waals surface area contributed by atoms with Crippen LogP contribution in [0, 0.1) is 0 Å². The fourth-order valence-electron chi connectivity index (χ4n) is 2.98. The summed E-state index contributed by atoms with van der Waals surface area (Å²) in [5, 5.41) is 0. The molecule has 0 spiro atoms. The average Bonchev–Trinajstić information content (AvgIpc) is 2.49. The summed E-state index contributed by atoms with van der Waals surface area (Å²) in [7, 11) is 0. The van der Waals surface area contributed by atoms with E-state index in [2.05, 4.69) is 25.7 Å². The third kappa shape index (κ3) is 16.2. The Kier molecular flexibility index (Phi) is 18.0. The molecule has 0 aliphatic heterocycles. The minimum absolute atomic E-state index is 1.34. The average molecular weight is 298 g/mol. The van der Waals surface area contributed by atoms with E-state index >= 15 is 0 Å². The molecule has 0 aromatic carbocycles. The van der Waals surface area contributed by atoms with Crippen molar-refractivity contribution in [1.29, 1.82) is 0 Å². The topological polar surface area (TPSA) is 3.24 Å². The molecule has 0 aromatic rings. The zero-order chi connectivity index (χ0) is 15.6. The maximum atomic E-state index is 2.74. The Morgan fingerprint density at radius 3 is 1.10 bits per heavy atom.